The van der Waals surface area contributed by atoms with E-state index in [4.69, 9.17) is 9.26 Å². The first-order valence-electron chi connectivity index (χ1n) is 8.61. The lowest BCUT2D eigenvalue weighted by atomic mass is 10.00. The number of rotatable bonds is 5. The molecule has 0 radical (unpaired) electrons. The van der Waals surface area contributed by atoms with Crippen LogP contribution in [0.3, 0.4) is 0 Å². The van der Waals surface area contributed by atoms with E-state index >= 15 is 0 Å². The third kappa shape index (κ3) is 2.86. The van der Waals surface area contributed by atoms with Gasteiger partial charge in [-0.2, -0.15) is 0 Å². The first-order chi connectivity index (χ1) is 12.6. The zero-order valence-corrected chi connectivity index (χ0v) is 14.8. The Kier molecular flexibility index (Phi) is 3.99. The molecule has 0 aliphatic heterocycles. The molecule has 2 aromatic carbocycles. The van der Waals surface area contributed by atoms with Crippen LogP contribution in [-0.2, 0) is 10.2 Å². The predicted octanol–water partition coefficient (Wildman–Crippen LogP) is 4.33. The summed E-state index contributed by atoms with van der Waals surface area (Å²) < 4.78 is 10.8. The molecule has 4 rings (SSSR count). The van der Waals surface area contributed by atoms with Gasteiger partial charge in [0.25, 0.3) is 0 Å². The summed E-state index contributed by atoms with van der Waals surface area (Å²) in [5.74, 6) is 1.35. The highest BCUT2D eigenvalue weighted by atomic mass is 16.5. The molecule has 1 fully saturated rings. The van der Waals surface area contributed by atoms with Crippen molar-refractivity contribution in [3.63, 3.8) is 0 Å². The van der Waals surface area contributed by atoms with Crippen molar-refractivity contribution < 1.29 is 14.1 Å². The molecule has 5 heteroatoms. The van der Waals surface area contributed by atoms with Gasteiger partial charge in [-0.25, -0.2) is 0 Å². The molecule has 3 aromatic rings. The molecule has 0 atom stereocenters. The van der Waals surface area contributed by atoms with Gasteiger partial charge in [-0.15, -0.1) is 0 Å². The molecular weight excluding hydrogens is 328 g/mol. The van der Waals surface area contributed by atoms with E-state index in [2.05, 4.69) is 10.5 Å². The average Bonchev–Trinajstić information content (AvgIpc) is 3.33. The lowest BCUT2D eigenvalue weighted by Gasteiger charge is -2.13. The molecule has 0 spiro atoms. The van der Waals surface area contributed by atoms with Crippen LogP contribution in [-0.4, -0.2) is 18.2 Å². The lowest BCUT2D eigenvalue weighted by molar-refractivity contribution is -0.118. The van der Waals surface area contributed by atoms with Crippen LogP contribution in [0.15, 0.2) is 59.1 Å². The first kappa shape index (κ1) is 16.4. The number of aromatic nitrogens is 1. The average molecular weight is 348 g/mol. The van der Waals surface area contributed by atoms with Crippen LogP contribution in [0.1, 0.15) is 24.1 Å². The summed E-state index contributed by atoms with van der Waals surface area (Å²) in [5.41, 5.74) is 2.83. The van der Waals surface area contributed by atoms with Gasteiger partial charge in [-0.1, -0.05) is 35.5 Å². The number of amides is 1. The SMILES string of the molecule is COc1cccc(-c2cc(C3(C(=O)Nc4ccccc4C)CC3)no2)c1. The summed E-state index contributed by atoms with van der Waals surface area (Å²) in [6.07, 6.45) is 1.55. The van der Waals surface area contributed by atoms with E-state index in [9.17, 15) is 4.79 Å². The molecule has 0 unspecified atom stereocenters. The third-order valence-electron chi connectivity index (χ3n) is 4.93. The number of carbonyl (C=O) groups excluding carboxylic acids is 1. The molecule has 1 N–H and O–H groups in total. The van der Waals surface area contributed by atoms with Crippen LogP contribution in [0.4, 0.5) is 5.69 Å². The molecule has 1 aliphatic carbocycles. The largest absolute Gasteiger partial charge is 0.497 e. The van der Waals surface area contributed by atoms with Gasteiger partial charge in [0, 0.05) is 17.3 Å². The second-order valence-electron chi connectivity index (χ2n) is 6.66. The Morgan fingerprint density at radius 3 is 2.69 bits per heavy atom. The summed E-state index contributed by atoms with van der Waals surface area (Å²) in [6.45, 7) is 1.98. The Hall–Kier alpha value is -3.08. The third-order valence-corrected chi connectivity index (χ3v) is 4.93. The zero-order valence-electron chi connectivity index (χ0n) is 14.8. The number of benzene rings is 2. The Morgan fingerprint density at radius 2 is 1.96 bits per heavy atom. The van der Waals surface area contributed by atoms with Crippen LogP contribution in [0.25, 0.3) is 11.3 Å². The number of ether oxygens (including phenoxy) is 1. The standard InChI is InChI=1S/C21H20N2O3/c1-14-6-3-4-9-17(14)22-20(24)21(10-11-21)19-13-18(26-23-19)15-7-5-8-16(12-15)25-2/h3-9,12-13H,10-11H2,1-2H3,(H,22,24). The molecular formula is C21H20N2O3. The summed E-state index contributed by atoms with van der Waals surface area (Å²) in [6, 6.07) is 17.2. The summed E-state index contributed by atoms with van der Waals surface area (Å²) in [4.78, 5) is 12.9. The predicted molar refractivity (Wildman–Crippen MR) is 99.2 cm³/mol. The minimum atomic E-state index is -0.594. The van der Waals surface area contributed by atoms with E-state index in [1.165, 1.54) is 0 Å². The monoisotopic (exact) mass is 348 g/mol. The highest BCUT2D eigenvalue weighted by Crippen LogP contribution is 2.49. The van der Waals surface area contributed by atoms with Crippen LogP contribution < -0.4 is 10.1 Å². The molecule has 1 heterocycles. The topological polar surface area (TPSA) is 64.4 Å². The van der Waals surface area contributed by atoms with Gasteiger partial charge >= 0.3 is 0 Å². The van der Waals surface area contributed by atoms with Crippen LogP contribution >= 0.6 is 0 Å². The number of nitrogens with zero attached hydrogens (tertiary/aromatic N) is 1. The fourth-order valence-corrected chi connectivity index (χ4v) is 3.09. The smallest absolute Gasteiger partial charge is 0.236 e. The number of aryl methyl sites for hydroxylation is 1. The Labute approximate surface area is 152 Å². The number of carbonyl (C=O) groups is 1. The molecule has 26 heavy (non-hydrogen) atoms. The van der Waals surface area contributed by atoms with Crippen molar-refractivity contribution in [3.05, 3.63) is 65.9 Å². The maximum absolute atomic E-state index is 12.9. The summed E-state index contributed by atoms with van der Waals surface area (Å²) in [7, 11) is 1.63. The van der Waals surface area contributed by atoms with Gasteiger partial charge in [-0.05, 0) is 43.5 Å². The van der Waals surface area contributed by atoms with E-state index in [0.29, 0.717) is 11.5 Å². The highest BCUT2D eigenvalue weighted by molar-refractivity contribution is 6.01. The maximum atomic E-state index is 12.9. The Balaban J connectivity index is 1.58. The Bertz CT molecular complexity index is 957. The molecule has 5 nitrogen and oxygen atoms in total. The number of nitrogens with one attached hydrogen (secondary N) is 1. The summed E-state index contributed by atoms with van der Waals surface area (Å²) >= 11 is 0. The first-order valence-corrected chi connectivity index (χ1v) is 8.61. The van der Waals surface area contributed by atoms with Crippen molar-refractivity contribution >= 4 is 11.6 Å². The normalized spacial score (nSPS) is 14.7. The van der Waals surface area contributed by atoms with Crippen molar-refractivity contribution in [3.8, 4) is 17.1 Å². The Morgan fingerprint density at radius 1 is 1.15 bits per heavy atom. The van der Waals surface area contributed by atoms with Crippen LogP contribution in [0, 0.1) is 6.92 Å². The minimum absolute atomic E-state index is 0.0303. The molecule has 1 aliphatic rings. The van der Waals surface area contributed by atoms with Crippen molar-refractivity contribution in [2.45, 2.75) is 25.2 Å². The van der Waals surface area contributed by atoms with Gasteiger partial charge in [0.1, 0.15) is 5.75 Å². The highest BCUT2D eigenvalue weighted by Gasteiger charge is 2.53. The number of methoxy groups -OCH3 is 1. The van der Waals surface area contributed by atoms with Gasteiger partial charge in [0.15, 0.2) is 5.76 Å². The quantitative estimate of drug-likeness (QED) is 0.745. The molecule has 132 valence electrons. The molecule has 0 bridgehead atoms. The number of anilines is 1. The molecule has 1 aromatic heterocycles. The fourth-order valence-electron chi connectivity index (χ4n) is 3.09. The van der Waals surface area contributed by atoms with Crippen LogP contribution in [0.5, 0.6) is 5.75 Å². The number of para-hydroxylation sites is 1. The van der Waals surface area contributed by atoms with Gasteiger partial charge in [0.05, 0.1) is 18.2 Å². The number of hydrogen-bond donors (Lipinski definition) is 1. The maximum Gasteiger partial charge on any atom is 0.236 e. The fraction of sp³-hybridized carbons (Fsp3) is 0.238. The van der Waals surface area contributed by atoms with Crippen molar-refractivity contribution in [1.29, 1.82) is 0 Å². The lowest BCUT2D eigenvalue weighted by Crippen LogP contribution is -2.28. The number of hydrogen-bond acceptors (Lipinski definition) is 4. The van der Waals surface area contributed by atoms with Gasteiger partial charge in [0.2, 0.25) is 5.91 Å². The second-order valence-corrected chi connectivity index (χ2v) is 6.66. The van der Waals surface area contributed by atoms with E-state index in [-0.39, 0.29) is 5.91 Å². The van der Waals surface area contributed by atoms with E-state index in [1.807, 2.05) is 61.5 Å². The van der Waals surface area contributed by atoms with E-state index in [1.54, 1.807) is 7.11 Å². The van der Waals surface area contributed by atoms with Crippen molar-refractivity contribution in [2.75, 3.05) is 12.4 Å². The summed E-state index contributed by atoms with van der Waals surface area (Å²) in [5, 5.41) is 7.23. The van der Waals surface area contributed by atoms with E-state index in [0.717, 1.165) is 35.4 Å². The molecule has 0 saturated heterocycles. The van der Waals surface area contributed by atoms with Crippen LogP contribution in [0.2, 0.25) is 0 Å². The van der Waals surface area contributed by atoms with Gasteiger partial charge < -0.3 is 14.6 Å². The zero-order chi connectivity index (χ0) is 18.1. The van der Waals surface area contributed by atoms with Crippen molar-refractivity contribution in [2.24, 2.45) is 0 Å². The van der Waals surface area contributed by atoms with Crippen molar-refractivity contribution in [1.82, 2.24) is 5.16 Å². The van der Waals surface area contributed by atoms with E-state index < -0.39 is 5.41 Å². The molecule has 1 amide bonds. The molecule has 1 saturated carbocycles. The van der Waals surface area contributed by atoms with Gasteiger partial charge in [-0.3, -0.25) is 4.79 Å². The minimum Gasteiger partial charge on any atom is -0.497 e. The second kappa shape index (κ2) is 6.33.